The van der Waals surface area contributed by atoms with Crippen molar-refractivity contribution in [1.29, 1.82) is 0 Å². The van der Waals surface area contributed by atoms with Crippen LogP contribution in [0.4, 0.5) is 0 Å². The molecule has 0 amide bonds. The number of hydrogen-bond acceptors (Lipinski definition) is 6. The van der Waals surface area contributed by atoms with Gasteiger partial charge in [-0.3, -0.25) is 4.90 Å². The van der Waals surface area contributed by atoms with Gasteiger partial charge >= 0.3 is 0 Å². The highest BCUT2D eigenvalue weighted by Crippen LogP contribution is 2.20. The molecule has 5 nitrogen and oxygen atoms in total. The molecule has 1 fully saturated rings. The molecule has 0 radical (unpaired) electrons. The Balaban J connectivity index is 2.49. The van der Waals surface area contributed by atoms with E-state index in [0.29, 0.717) is 32.1 Å². The second kappa shape index (κ2) is 7.58. The smallest absolute Gasteiger partial charge is 0.166 e. The zero-order chi connectivity index (χ0) is 12.7. The van der Waals surface area contributed by atoms with Crippen molar-refractivity contribution in [3.05, 3.63) is 0 Å². The van der Waals surface area contributed by atoms with E-state index < -0.39 is 9.84 Å². The van der Waals surface area contributed by atoms with Crippen molar-refractivity contribution in [1.82, 2.24) is 4.90 Å². The molecule has 1 unspecified atom stereocenters. The highest BCUT2D eigenvalue weighted by atomic mass is 32.2. The number of nitrogens with two attached hydrogens (primary N) is 1. The van der Waals surface area contributed by atoms with Gasteiger partial charge in [0.2, 0.25) is 0 Å². The van der Waals surface area contributed by atoms with Crippen molar-refractivity contribution in [2.45, 2.75) is 12.3 Å². The maximum absolute atomic E-state index is 11.9. The van der Waals surface area contributed by atoms with E-state index in [1.165, 1.54) is 0 Å². The molecule has 17 heavy (non-hydrogen) atoms. The van der Waals surface area contributed by atoms with Gasteiger partial charge in [0.25, 0.3) is 0 Å². The van der Waals surface area contributed by atoms with Gasteiger partial charge in [-0.1, -0.05) is 6.92 Å². The van der Waals surface area contributed by atoms with E-state index in [4.69, 9.17) is 10.5 Å². The van der Waals surface area contributed by atoms with Crippen molar-refractivity contribution in [3.8, 4) is 0 Å². The summed E-state index contributed by atoms with van der Waals surface area (Å²) in [4.78, 5) is 2.02. The van der Waals surface area contributed by atoms with Crippen LogP contribution in [0.15, 0.2) is 0 Å². The van der Waals surface area contributed by atoms with Gasteiger partial charge in [-0.05, 0) is 0 Å². The summed E-state index contributed by atoms with van der Waals surface area (Å²) in [7, 11) is -2.99. The Morgan fingerprint density at radius 2 is 2.24 bits per heavy atom. The van der Waals surface area contributed by atoms with Crippen LogP contribution in [-0.2, 0) is 14.6 Å². The van der Waals surface area contributed by atoms with Crippen molar-refractivity contribution in [2.75, 3.05) is 50.1 Å². The zero-order valence-corrected chi connectivity index (χ0v) is 11.9. The fraction of sp³-hybridized carbons (Fsp3) is 1.00. The molecule has 0 saturated carbocycles. The van der Waals surface area contributed by atoms with Crippen LogP contribution in [0.25, 0.3) is 0 Å². The predicted octanol–water partition coefficient (Wildman–Crippen LogP) is -0.229. The van der Waals surface area contributed by atoms with E-state index in [1.54, 1.807) is 18.7 Å². The molecule has 0 aromatic heterocycles. The molecule has 102 valence electrons. The number of thioether (sulfide) groups is 1. The summed E-state index contributed by atoms with van der Waals surface area (Å²) < 4.78 is 29.2. The molecule has 1 aliphatic heterocycles. The summed E-state index contributed by atoms with van der Waals surface area (Å²) in [6.45, 7) is 4.79. The first-order valence-electron chi connectivity index (χ1n) is 5.93. The Kier molecular flexibility index (Phi) is 6.79. The van der Waals surface area contributed by atoms with Gasteiger partial charge < -0.3 is 10.5 Å². The van der Waals surface area contributed by atoms with Crippen molar-refractivity contribution in [2.24, 2.45) is 5.73 Å². The predicted molar refractivity (Wildman–Crippen MR) is 72.0 cm³/mol. The average molecular weight is 282 g/mol. The van der Waals surface area contributed by atoms with Crippen LogP contribution in [0.5, 0.6) is 0 Å². The Bertz CT molecular complexity index is 309. The molecule has 7 heteroatoms. The largest absolute Gasteiger partial charge is 0.379 e. The minimum Gasteiger partial charge on any atom is -0.379 e. The lowest BCUT2D eigenvalue weighted by Gasteiger charge is -2.34. The molecule has 1 saturated heterocycles. The van der Waals surface area contributed by atoms with Gasteiger partial charge in [0.15, 0.2) is 9.84 Å². The van der Waals surface area contributed by atoms with E-state index >= 15 is 0 Å². The van der Waals surface area contributed by atoms with Crippen LogP contribution < -0.4 is 5.73 Å². The molecule has 1 heterocycles. The van der Waals surface area contributed by atoms with Gasteiger partial charge in [-0.25, -0.2) is 8.42 Å². The summed E-state index contributed by atoms with van der Waals surface area (Å²) >= 11 is 1.71. The van der Waals surface area contributed by atoms with E-state index in [0.717, 1.165) is 12.3 Å². The Labute approximate surface area is 108 Å². The summed E-state index contributed by atoms with van der Waals surface area (Å²) in [5.74, 6) is 1.87. The summed E-state index contributed by atoms with van der Waals surface area (Å²) in [6.07, 6.45) is 0. The lowest BCUT2D eigenvalue weighted by molar-refractivity contribution is 0.108. The van der Waals surface area contributed by atoms with Crippen LogP contribution in [0.2, 0.25) is 0 Å². The first-order chi connectivity index (χ1) is 8.11. The van der Waals surface area contributed by atoms with E-state index in [9.17, 15) is 8.42 Å². The molecule has 1 aliphatic rings. The monoisotopic (exact) mass is 282 g/mol. The molecule has 1 rings (SSSR count). The number of hydrogen-bond donors (Lipinski definition) is 1. The minimum absolute atomic E-state index is 0.207. The van der Waals surface area contributed by atoms with Crippen molar-refractivity contribution >= 4 is 21.6 Å². The number of sulfone groups is 1. The second-order valence-electron chi connectivity index (χ2n) is 3.92. The Morgan fingerprint density at radius 3 is 2.88 bits per heavy atom. The van der Waals surface area contributed by atoms with Crippen LogP contribution in [-0.4, -0.2) is 68.8 Å². The maximum Gasteiger partial charge on any atom is 0.166 e. The summed E-state index contributed by atoms with van der Waals surface area (Å²) in [6, 6.07) is 0. The first kappa shape index (κ1) is 15.2. The van der Waals surface area contributed by atoms with Crippen LogP contribution in [0.1, 0.15) is 6.92 Å². The normalized spacial score (nSPS) is 22.8. The fourth-order valence-corrected chi connectivity index (χ4v) is 4.87. The number of nitrogens with zero attached hydrogens (tertiary/aromatic N) is 1. The van der Waals surface area contributed by atoms with E-state index in [-0.39, 0.29) is 11.1 Å². The zero-order valence-electron chi connectivity index (χ0n) is 10.3. The van der Waals surface area contributed by atoms with Gasteiger partial charge in [0.05, 0.1) is 13.2 Å². The molecule has 0 aliphatic carbocycles. The van der Waals surface area contributed by atoms with E-state index in [1.807, 2.05) is 4.90 Å². The van der Waals surface area contributed by atoms with Gasteiger partial charge in [-0.2, -0.15) is 11.8 Å². The first-order valence-corrected chi connectivity index (χ1v) is 8.80. The molecule has 2 N–H and O–H groups in total. The second-order valence-corrected chi connectivity index (χ2v) is 7.52. The third-order valence-electron chi connectivity index (χ3n) is 2.79. The lowest BCUT2D eigenvalue weighted by Crippen LogP contribution is -2.49. The molecule has 0 aromatic carbocycles. The third kappa shape index (κ3) is 4.75. The van der Waals surface area contributed by atoms with Crippen LogP contribution in [0, 0.1) is 0 Å². The fourth-order valence-electron chi connectivity index (χ4n) is 1.76. The Morgan fingerprint density at radius 1 is 1.47 bits per heavy atom. The minimum atomic E-state index is -2.99. The molecule has 0 bridgehead atoms. The van der Waals surface area contributed by atoms with Gasteiger partial charge in [0, 0.05) is 36.9 Å². The van der Waals surface area contributed by atoms with Crippen LogP contribution >= 0.6 is 11.8 Å². The highest BCUT2D eigenvalue weighted by molar-refractivity contribution is 8.01. The number of ether oxygens (including phenoxy) is 1. The SMILES string of the molecule is CCS(=O)(=O)C1CSCCN1CCOCCN. The van der Waals surface area contributed by atoms with Crippen LogP contribution in [0.3, 0.4) is 0 Å². The maximum atomic E-state index is 11.9. The third-order valence-corrected chi connectivity index (χ3v) is 6.12. The quantitative estimate of drug-likeness (QED) is 0.650. The van der Waals surface area contributed by atoms with Gasteiger partial charge in [-0.15, -0.1) is 0 Å². The standard InChI is InChI=1S/C10H22N2O3S2/c1-2-17(13,14)10-9-16-8-5-12(10)4-7-15-6-3-11/h10H,2-9,11H2,1H3. The lowest BCUT2D eigenvalue weighted by atomic mass is 10.4. The molecular formula is C10H22N2O3S2. The molecule has 1 atom stereocenters. The molecule has 0 aromatic rings. The van der Waals surface area contributed by atoms with Crippen molar-refractivity contribution < 1.29 is 13.2 Å². The molecule has 0 spiro atoms. The average Bonchev–Trinajstić information content (AvgIpc) is 2.35. The highest BCUT2D eigenvalue weighted by Gasteiger charge is 2.32. The van der Waals surface area contributed by atoms with Crippen molar-refractivity contribution in [3.63, 3.8) is 0 Å². The Hall–Kier alpha value is 0.180. The number of rotatable bonds is 7. The van der Waals surface area contributed by atoms with Gasteiger partial charge in [0.1, 0.15) is 5.37 Å². The summed E-state index contributed by atoms with van der Waals surface area (Å²) in [5, 5.41) is -0.340. The van der Waals surface area contributed by atoms with E-state index in [2.05, 4.69) is 0 Å². The molecular weight excluding hydrogens is 260 g/mol. The topological polar surface area (TPSA) is 72.6 Å². The summed E-state index contributed by atoms with van der Waals surface area (Å²) in [5.41, 5.74) is 5.33.